The van der Waals surface area contributed by atoms with Crippen molar-refractivity contribution in [3.8, 4) is 0 Å². The van der Waals surface area contributed by atoms with Gasteiger partial charge in [0.1, 0.15) is 5.82 Å². The summed E-state index contributed by atoms with van der Waals surface area (Å²) in [6.45, 7) is 0.151. The van der Waals surface area contributed by atoms with Crippen molar-refractivity contribution < 1.29 is 9.18 Å². The Kier molecular flexibility index (Phi) is 4.17. The van der Waals surface area contributed by atoms with Crippen LogP contribution in [0.4, 0.5) is 4.39 Å². The molecule has 0 aliphatic carbocycles. The molecular weight excluding hydrogens is 223 g/mol. The first-order chi connectivity index (χ1) is 7.15. The zero-order valence-electron chi connectivity index (χ0n) is 7.67. The monoisotopic (exact) mass is 230 g/mol. The molecule has 0 saturated heterocycles. The van der Waals surface area contributed by atoms with E-state index in [0.717, 1.165) is 6.07 Å². The molecule has 6 heteroatoms. The second-order valence-corrected chi connectivity index (χ2v) is 3.14. The predicted molar refractivity (Wildman–Crippen MR) is 54.4 cm³/mol. The Labute approximate surface area is 90.4 Å². The van der Waals surface area contributed by atoms with Crippen LogP contribution < -0.4 is 5.32 Å². The number of hydrogen-bond donors (Lipinski definition) is 1. The maximum absolute atomic E-state index is 12.7. The van der Waals surface area contributed by atoms with Crippen LogP contribution in [0, 0.1) is 10.7 Å². The maximum atomic E-state index is 12.7. The van der Waals surface area contributed by atoms with Gasteiger partial charge in [0.05, 0.1) is 11.6 Å². The van der Waals surface area contributed by atoms with Crippen molar-refractivity contribution in [3.05, 3.63) is 39.5 Å². The molecule has 1 aromatic rings. The van der Waals surface area contributed by atoms with Crippen molar-refractivity contribution in [1.29, 1.82) is 0 Å². The van der Waals surface area contributed by atoms with Gasteiger partial charge in [-0.05, 0) is 18.2 Å². The number of nitrogens with one attached hydrogen (secondary N) is 1. The van der Waals surface area contributed by atoms with E-state index in [1.54, 1.807) is 0 Å². The smallest absolute Gasteiger partial charge is 0.251 e. The quantitative estimate of drug-likeness (QED) is 0.635. The van der Waals surface area contributed by atoms with Gasteiger partial charge in [-0.25, -0.2) is 4.39 Å². The first-order valence-corrected chi connectivity index (χ1v) is 4.55. The lowest BCUT2D eigenvalue weighted by Gasteiger charge is -2.03. The summed E-state index contributed by atoms with van der Waals surface area (Å²) in [5.41, 5.74) is 0.243. The summed E-state index contributed by atoms with van der Waals surface area (Å²) in [6.07, 6.45) is 0. The Morgan fingerprint density at radius 2 is 2.27 bits per heavy atom. The molecule has 0 unspecified atom stereocenters. The van der Waals surface area contributed by atoms with Gasteiger partial charge in [-0.2, -0.15) is 4.91 Å². The topological polar surface area (TPSA) is 58.5 Å². The van der Waals surface area contributed by atoms with Crippen molar-refractivity contribution in [1.82, 2.24) is 5.32 Å². The van der Waals surface area contributed by atoms with Gasteiger partial charge in [-0.1, -0.05) is 16.8 Å². The molecule has 1 N–H and O–H groups in total. The number of nitrogens with zero attached hydrogens (tertiary/aromatic N) is 1. The second-order valence-electron chi connectivity index (χ2n) is 2.74. The van der Waals surface area contributed by atoms with Gasteiger partial charge in [0.25, 0.3) is 5.91 Å². The number of carbonyl (C=O) groups excluding carboxylic acids is 1. The third-order valence-corrected chi connectivity index (χ3v) is 1.96. The second kappa shape index (κ2) is 5.41. The lowest BCUT2D eigenvalue weighted by molar-refractivity contribution is 0.0955. The molecule has 0 aliphatic rings. The van der Waals surface area contributed by atoms with E-state index in [2.05, 4.69) is 10.5 Å². The molecular formula is C9H8ClFN2O2. The van der Waals surface area contributed by atoms with Gasteiger partial charge in [-0.3, -0.25) is 4.79 Å². The van der Waals surface area contributed by atoms with Crippen LogP contribution in [-0.4, -0.2) is 19.0 Å². The lowest BCUT2D eigenvalue weighted by Crippen LogP contribution is -2.25. The van der Waals surface area contributed by atoms with E-state index in [-0.39, 0.29) is 23.7 Å². The molecule has 0 spiro atoms. The Morgan fingerprint density at radius 1 is 1.53 bits per heavy atom. The van der Waals surface area contributed by atoms with E-state index in [1.807, 2.05) is 0 Å². The molecule has 1 aromatic carbocycles. The summed E-state index contributed by atoms with van der Waals surface area (Å²) in [5, 5.41) is 4.90. The normalized spacial score (nSPS) is 9.73. The minimum absolute atomic E-state index is 0.000662. The zero-order valence-corrected chi connectivity index (χ0v) is 8.42. The van der Waals surface area contributed by atoms with Crippen LogP contribution >= 0.6 is 11.6 Å². The van der Waals surface area contributed by atoms with Crippen LogP contribution in [0.1, 0.15) is 10.4 Å². The van der Waals surface area contributed by atoms with E-state index in [0.29, 0.717) is 0 Å². The Bertz CT molecular complexity index is 384. The number of rotatable bonds is 4. The number of amides is 1. The van der Waals surface area contributed by atoms with Crippen LogP contribution in [0.2, 0.25) is 5.02 Å². The fourth-order valence-corrected chi connectivity index (χ4v) is 1.14. The highest BCUT2D eigenvalue weighted by Crippen LogP contribution is 2.15. The first kappa shape index (κ1) is 11.6. The Morgan fingerprint density at radius 3 is 2.87 bits per heavy atom. The van der Waals surface area contributed by atoms with Gasteiger partial charge in [0.2, 0.25) is 0 Å². The van der Waals surface area contributed by atoms with Gasteiger partial charge in [0, 0.05) is 12.1 Å². The first-order valence-electron chi connectivity index (χ1n) is 4.17. The predicted octanol–water partition coefficient (Wildman–Crippen LogP) is 1.98. The van der Waals surface area contributed by atoms with Gasteiger partial charge < -0.3 is 5.32 Å². The summed E-state index contributed by atoms with van der Waals surface area (Å²) < 4.78 is 12.7. The number of benzene rings is 1. The van der Waals surface area contributed by atoms with E-state index in [4.69, 9.17) is 11.6 Å². The number of hydrogen-bond acceptors (Lipinski definition) is 3. The SMILES string of the molecule is O=NCCNC(=O)c1ccc(F)c(Cl)c1. The van der Waals surface area contributed by atoms with Crippen molar-refractivity contribution in [2.45, 2.75) is 0 Å². The Balaban J connectivity index is 2.65. The van der Waals surface area contributed by atoms with Crippen molar-refractivity contribution >= 4 is 17.5 Å². The summed E-state index contributed by atoms with van der Waals surface area (Å²) in [4.78, 5) is 21.1. The molecule has 0 fully saturated rings. The molecule has 0 aromatic heterocycles. The molecule has 0 aliphatic heterocycles. The summed E-state index contributed by atoms with van der Waals surface area (Å²) >= 11 is 5.50. The third-order valence-electron chi connectivity index (χ3n) is 1.67. The molecule has 1 rings (SSSR count). The fraction of sp³-hybridized carbons (Fsp3) is 0.222. The number of halogens is 2. The van der Waals surface area contributed by atoms with E-state index in [9.17, 15) is 14.1 Å². The van der Waals surface area contributed by atoms with Gasteiger partial charge in [0.15, 0.2) is 0 Å². The highest BCUT2D eigenvalue weighted by Gasteiger charge is 2.07. The van der Waals surface area contributed by atoms with Crippen molar-refractivity contribution in [2.75, 3.05) is 13.1 Å². The average molecular weight is 231 g/mol. The maximum Gasteiger partial charge on any atom is 0.251 e. The fourth-order valence-electron chi connectivity index (χ4n) is 0.955. The molecule has 1 amide bonds. The summed E-state index contributed by atoms with van der Waals surface area (Å²) in [7, 11) is 0. The molecule has 15 heavy (non-hydrogen) atoms. The van der Waals surface area contributed by atoms with E-state index < -0.39 is 11.7 Å². The van der Waals surface area contributed by atoms with Crippen molar-refractivity contribution in [3.63, 3.8) is 0 Å². The van der Waals surface area contributed by atoms with E-state index >= 15 is 0 Å². The molecule has 0 saturated carbocycles. The zero-order chi connectivity index (χ0) is 11.3. The largest absolute Gasteiger partial charge is 0.350 e. The molecule has 0 heterocycles. The van der Waals surface area contributed by atoms with Gasteiger partial charge in [-0.15, -0.1) is 0 Å². The summed E-state index contributed by atoms with van der Waals surface area (Å²) in [5.74, 6) is -0.997. The molecule has 80 valence electrons. The molecule has 0 radical (unpaired) electrons. The van der Waals surface area contributed by atoms with Gasteiger partial charge >= 0.3 is 0 Å². The molecule has 4 nitrogen and oxygen atoms in total. The molecule has 0 atom stereocenters. The molecule has 0 bridgehead atoms. The van der Waals surface area contributed by atoms with Crippen LogP contribution in [-0.2, 0) is 0 Å². The van der Waals surface area contributed by atoms with Crippen LogP contribution in [0.3, 0.4) is 0 Å². The average Bonchev–Trinajstić information content (AvgIpc) is 2.22. The minimum atomic E-state index is -0.581. The number of carbonyl (C=O) groups is 1. The summed E-state index contributed by atoms with van der Waals surface area (Å²) in [6, 6.07) is 3.64. The Hall–Kier alpha value is -1.49. The van der Waals surface area contributed by atoms with E-state index in [1.165, 1.54) is 12.1 Å². The van der Waals surface area contributed by atoms with Crippen molar-refractivity contribution in [2.24, 2.45) is 5.18 Å². The highest BCUT2D eigenvalue weighted by atomic mass is 35.5. The van der Waals surface area contributed by atoms with Crippen LogP contribution in [0.5, 0.6) is 0 Å². The highest BCUT2D eigenvalue weighted by molar-refractivity contribution is 6.31. The minimum Gasteiger partial charge on any atom is -0.350 e. The number of nitroso groups, excluding NO2 is 1. The standard InChI is InChI=1S/C9H8ClFN2O2/c10-7-5-6(1-2-8(7)11)9(14)12-3-4-13-15/h1-2,5H,3-4H2,(H,12,14). The van der Waals surface area contributed by atoms with Crippen LogP contribution in [0.15, 0.2) is 23.4 Å². The third kappa shape index (κ3) is 3.28. The van der Waals surface area contributed by atoms with Crippen LogP contribution in [0.25, 0.3) is 0 Å². The lowest BCUT2D eigenvalue weighted by atomic mass is 10.2.